The lowest BCUT2D eigenvalue weighted by molar-refractivity contribution is 0.551. The average molecular weight is 228 g/mol. The second-order valence-electron chi connectivity index (χ2n) is 4.02. The van der Waals surface area contributed by atoms with Crippen LogP contribution in [0.15, 0.2) is 11.5 Å². The zero-order valence-corrected chi connectivity index (χ0v) is 10.5. The van der Waals surface area contributed by atoms with Gasteiger partial charge in [-0.1, -0.05) is 25.6 Å². The normalized spacial score (nSPS) is 11.2. The SMILES string of the molecule is CC(C)CNCCCSc1nncn1C. The Labute approximate surface area is 95.9 Å². The summed E-state index contributed by atoms with van der Waals surface area (Å²) >= 11 is 1.76. The fraction of sp³-hybridized carbons (Fsp3) is 0.800. The van der Waals surface area contributed by atoms with Crippen LogP contribution in [0.25, 0.3) is 0 Å². The monoisotopic (exact) mass is 228 g/mol. The van der Waals surface area contributed by atoms with Gasteiger partial charge < -0.3 is 9.88 Å². The standard InChI is InChI=1S/C10H20N4S/c1-9(2)7-11-5-4-6-15-10-13-12-8-14(10)3/h8-9,11H,4-7H2,1-3H3. The van der Waals surface area contributed by atoms with Crippen molar-refractivity contribution in [2.24, 2.45) is 13.0 Å². The van der Waals surface area contributed by atoms with Crippen molar-refractivity contribution in [2.75, 3.05) is 18.8 Å². The van der Waals surface area contributed by atoms with Crippen LogP contribution in [0.5, 0.6) is 0 Å². The Morgan fingerprint density at radius 3 is 2.93 bits per heavy atom. The molecule has 86 valence electrons. The molecule has 0 aliphatic carbocycles. The summed E-state index contributed by atoms with van der Waals surface area (Å²) in [6.07, 6.45) is 2.91. The average Bonchev–Trinajstić information content (AvgIpc) is 2.57. The van der Waals surface area contributed by atoms with E-state index in [2.05, 4.69) is 29.4 Å². The minimum Gasteiger partial charge on any atom is -0.316 e. The summed E-state index contributed by atoms with van der Waals surface area (Å²) in [6.45, 7) is 6.64. The third-order valence-electron chi connectivity index (χ3n) is 1.95. The van der Waals surface area contributed by atoms with Crippen LogP contribution < -0.4 is 5.32 Å². The summed E-state index contributed by atoms with van der Waals surface area (Å²) in [7, 11) is 1.97. The van der Waals surface area contributed by atoms with Gasteiger partial charge in [0, 0.05) is 12.8 Å². The molecule has 5 heteroatoms. The highest BCUT2D eigenvalue weighted by molar-refractivity contribution is 7.99. The molecule has 0 radical (unpaired) electrons. The van der Waals surface area contributed by atoms with E-state index < -0.39 is 0 Å². The molecule has 1 heterocycles. The van der Waals surface area contributed by atoms with E-state index in [1.54, 1.807) is 18.1 Å². The first-order valence-corrected chi connectivity index (χ1v) is 6.36. The fourth-order valence-electron chi connectivity index (χ4n) is 1.15. The number of hydrogen-bond acceptors (Lipinski definition) is 4. The van der Waals surface area contributed by atoms with Crippen molar-refractivity contribution in [1.82, 2.24) is 20.1 Å². The molecule has 0 aliphatic heterocycles. The third kappa shape index (κ3) is 5.18. The zero-order chi connectivity index (χ0) is 11.1. The molecule has 1 N–H and O–H groups in total. The highest BCUT2D eigenvalue weighted by Crippen LogP contribution is 2.13. The molecular formula is C10H20N4S. The second kappa shape index (κ2) is 6.85. The molecule has 1 aromatic rings. The lowest BCUT2D eigenvalue weighted by Gasteiger charge is -2.06. The van der Waals surface area contributed by atoms with E-state index >= 15 is 0 Å². The van der Waals surface area contributed by atoms with Gasteiger partial charge in [-0.2, -0.15) is 0 Å². The minimum atomic E-state index is 0.733. The second-order valence-corrected chi connectivity index (χ2v) is 5.09. The van der Waals surface area contributed by atoms with Gasteiger partial charge >= 0.3 is 0 Å². The van der Waals surface area contributed by atoms with Crippen LogP contribution in [0.1, 0.15) is 20.3 Å². The Hall–Kier alpha value is -0.550. The van der Waals surface area contributed by atoms with Crippen molar-refractivity contribution in [3.63, 3.8) is 0 Å². The molecule has 0 aliphatic rings. The van der Waals surface area contributed by atoms with E-state index in [1.807, 2.05) is 11.6 Å². The van der Waals surface area contributed by atoms with Crippen molar-refractivity contribution in [3.8, 4) is 0 Å². The highest BCUT2D eigenvalue weighted by Gasteiger charge is 2.00. The summed E-state index contributed by atoms with van der Waals surface area (Å²) in [5.74, 6) is 1.83. The van der Waals surface area contributed by atoms with Crippen LogP contribution in [-0.4, -0.2) is 33.6 Å². The van der Waals surface area contributed by atoms with Gasteiger partial charge in [0.15, 0.2) is 5.16 Å². The molecule has 0 fully saturated rings. The first-order chi connectivity index (χ1) is 7.20. The minimum absolute atomic E-state index is 0.733. The van der Waals surface area contributed by atoms with E-state index in [9.17, 15) is 0 Å². The van der Waals surface area contributed by atoms with Crippen LogP contribution in [0, 0.1) is 5.92 Å². The molecule has 0 atom stereocenters. The Morgan fingerprint density at radius 1 is 1.53 bits per heavy atom. The van der Waals surface area contributed by atoms with Crippen LogP contribution in [0.2, 0.25) is 0 Å². The largest absolute Gasteiger partial charge is 0.316 e. The van der Waals surface area contributed by atoms with E-state index in [1.165, 1.54) is 6.42 Å². The molecule has 0 bridgehead atoms. The molecular weight excluding hydrogens is 208 g/mol. The van der Waals surface area contributed by atoms with Crippen molar-refractivity contribution in [3.05, 3.63) is 6.33 Å². The summed E-state index contributed by atoms with van der Waals surface area (Å²) in [6, 6.07) is 0. The highest BCUT2D eigenvalue weighted by atomic mass is 32.2. The molecule has 0 saturated heterocycles. The topological polar surface area (TPSA) is 42.7 Å². The van der Waals surface area contributed by atoms with Crippen LogP contribution in [0.4, 0.5) is 0 Å². The summed E-state index contributed by atoms with van der Waals surface area (Å²) < 4.78 is 1.95. The van der Waals surface area contributed by atoms with Gasteiger partial charge in [0.2, 0.25) is 0 Å². The molecule has 0 aromatic carbocycles. The van der Waals surface area contributed by atoms with Gasteiger partial charge in [0.25, 0.3) is 0 Å². The Morgan fingerprint density at radius 2 is 2.33 bits per heavy atom. The Kier molecular flexibility index (Phi) is 5.71. The van der Waals surface area contributed by atoms with Crippen molar-refractivity contribution in [2.45, 2.75) is 25.4 Å². The predicted molar refractivity (Wildman–Crippen MR) is 64.1 cm³/mol. The Balaban J connectivity index is 2.00. The molecule has 1 rings (SSSR count). The zero-order valence-electron chi connectivity index (χ0n) is 9.73. The van der Waals surface area contributed by atoms with Crippen LogP contribution >= 0.6 is 11.8 Å². The summed E-state index contributed by atoms with van der Waals surface area (Å²) in [4.78, 5) is 0. The van der Waals surface area contributed by atoms with E-state index in [0.29, 0.717) is 0 Å². The molecule has 15 heavy (non-hydrogen) atoms. The van der Waals surface area contributed by atoms with Gasteiger partial charge in [-0.05, 0) is 25.4 Å². The molecule has 0 amide bonds. The van der Waals surface area contributed by atoms with Gasteiger partial charge in [-0.15, -0.1) is 10.2 Å². The maximum absolute atomic E-state index is 4.02. The van der Waals surface area contributed by atoms with E-state index in [0.717, 1.165) is 29.9 Å². The number of nitrogens with one attached hydrogen (secondary N) is 1. The first-order valence-electron chi connectivity index (χ1n) is 5.37. The van der Waals surface area contributed by atoms with Crippen molar-refractivity contribution >= 4 is 11.8 Å². The van der Waals surface area contributed by atoms with Crippen molar-refractivity contribution < 1.29 is 0 Å². The number of aromatic nitrogens is 3. The predicted octanol–water partition coefficient (Wildman–Crippen LogP) is 1.54. The number of rotatable bonds is 7. The quantitative estimate of drug-likeness (QED) is 0.568. The van der Waals surface area contributed by atoms with Gasteiger partial charge in [0.1, 0.15) is 6.33 Å². The molecule has 0 spiro atoms. The van der Waals surface area contributed by atoms with Gasteiger partial charge in [-0.25, -0.2) is 0 Å². The summed E-state index contributed by atoms with van der Waals surface area (Å²) in [5, 5.41) is 12.3. The van der Waals surface area contributed by atoms with Crippen LogP contribution in [-0.2, 0) is 7.05 Å². The number of nitrogens with zero attached hydrogens (tertiary/aromatic N) is 3. The van der Waals surface area contributed by atoms with Gasteiger partial charge in [-0.3, -0.25) is 0 Å². The molecule has 0 unspecified atom stereocenters. The number of hydrogen-bond donors (Lipinski definition) is 1. The fourth-order valence-corrected chi connectivity index (χ4v) is 1.98. The third-order valence-corrected chi connectivity index (χ3v) is 3.07. The van der Waals surface area contributed by atoms with Gasteiger partial charge in [0.05, 0.1) is 0 Å². The molecule has 1 aromatic heterocycles. The number of aryl methyl sites for hydroxylation is 1. The molecule has 0 saturated carbocycles. The molecule has 4 nitrogen and oxygen atoms in total. The Bertz CT molecular complexity index is 272. The van der Waals surface area contributed by atoms with E-state index in [4.69, 9.17) is 0 Å². The lowest BCUT2D eigenvalue weighted by Crippen LogP contribution is -2.21. The summed E-state index contributed by atoms with van der Waals surface area (Å²) in [5.41, 5.74) is 0. The number of thioether (sulfide) groups is 1. The van der Waals surface area contributed by atoms with E-state index in [-0.39, 0.29) is 0 Å². The van der Waals surface area contributed by atoms with Crippen molar-refractivity contribution in [1.29, 1.82) is 0 Å². The maximum Gasteiger partial charge on any atom is 0.190 e. The smallest absolute Gasteiger partial charge is 0.190 e. The lowest BCUT2D eigenvalue weighted by atomic mass is 10.2. The maximum atomic E-state index is 4.02. The van der Waals surface area contributed by atoms with Crippen LogP contribution in [0.3, 0.4) is 0 Å². The first kappa shape index (κ1) is 12.5.